The van der Waals surface area contributed by atoms with Crippen molar-refractivity contribution in [2.45, 2.75) is 39.0 Å². The maximum Gasteiger partial charge on any atom is 0.159 e. The van der Waals surface area contributed by atoms with Gasteiger partial charge in [-0.25, -0.2) is 0 Å². The zero-order valence-electron chi connectivity index (χ0n) is 9.71. The first-order valence-corrected chi connectivity index (χ1v) is 5.69. The highest BCUT2D eigenvalue weighted by Crippen LogP contribution is 2.55. The molecule has 0 aromatic heterocycles. The molecule has 1 aromatic carbocycles. The summed E-state index contributed by atoms with van der Waals surface area (Å²) in [4.78, 5) is 11.1. The van der Waals surface area contributed by atoms with Crippen LogP contribution in [0.2, 0.25) is 0 Å². The fourth-order valence-corrected chi connectivity index (χ4v) is 2.49. The highest BCUT2D eigenvalue weighted by molar-refractivity contribution is 5.94. The average Bonchev–Trinajstić information content (AvgIpc) is 2.91. The molecule has 2 rings (SSSR count). The lowest BCUT2D eigenvalue weighted by atomic mass is 9.93. The molecular weight excluding hydrogens is 184 g/mol. The van der Waals surface area contributed by atoms with Crippen LogP contribution in [0.25, 0.3) is 0 Å². The van der Waals surface area contributed by atoms with Gasteiger partial charge in [-0.05, 0) is 30.2 Å². The number of hydrogen-bond donors (Lipinski definition) is 0. The quantitative estimate of drug-likeness (QED) is 0.685. The van der Waals surface area contributed by atoms with Crippen molar-refractivity contribution in [3.63, 3.8) is 0 Å². The minimum Gasteiger partial charge on any atom is -0.295 e. The molecule has 1 saturated carbocycles. The summed E-state index contributed by atoms with van der Waals surface area (Å²) in [7, 11) is 0. The van der Waals surface area contributed by atoms with E-state index in [2.05, 4.69) is 26.0 Å². The van der Waals surface area contributed by atoms with E-state index in [-0.39, 0.29) is 5.78 Å². The van der Waals surface area contributed by atoms with Gasteiger partial charge in [0.25, 0.3) is 0 Å². The summed E-state index contributed by atoms with van der Waals surface area (Å²) in [6, 6.07) is 8.14. The van der Waals surface area contributed by atoms with Crippen molar-refractivity contribution >= 4 is 5.78 Å². The van der Waals surface area contributed by atoms with Crippen molar-refractivity contribution in [3.05, 3.63) is 35.4 Å². The van der Waals surface area contributed by atoms with Crippen molar-refractivity contribution in [3.8, 4) is 0 Å². The molecular formula is C14H18O. The van der Waals surface area contributed by atoms with Crippen LogP contribution in [0.4, 0.5) is 0 Å². The fourth-order valence-electron chi connectivity index (χ4n) is 2.49. The molecule has 0 radical (unpaired) electrons. The number of carbonyl (C=O) groups excluding carboxylic acids is 1. The largest absolute Gasteiger partial charge is 0.295 e. The molecule has 1 aliphatic rings. The Morgan fingerprint density at radius 1 is 1.40 bits per heavy atom. The molecule has 80 valence electrons. The zero-order valence-corrected chi connectivity index (χ0v) is 9.71. The predicted octanol–water partition coefficient (Wildman–Crippen LogP) is 3.58. The van der Waals surface area contributed by atoms with Gasteiger partial charge in [0.15, 0.2) is 5.78 Å². The SMILES string of the molecule is CCC1CC1(C)c1ccc(C(C)=O)cc1. The van der Waals surface area contributed by atoms with Gasteiger partial charge in [-0.3, -0.25) is 4.79 Å². The molecule has 0 amide bonds. The van der Waals surface area contributed by atoms with Crippen LogP contribution < -0.4 is 0 Å². The van der Waals surface area contributed by atoms with E-state index in [1.165, 1.54) is 18.4 Å². The maximum atomic E-state index is 11.1. The Labute approximate surface area is 91.5 Å². The first kappa shape index (κ1) is 10.4. The number of hydrogen-bond acceptors (Lipinski definition) is 1. The van der Waals surface area contributed by atoms with Gasteiger partial charge in [0, 0.05) is 5.56 Å². The van der Waals surface area contributed by atoms with Crippen molar-refractivity contribution in [2.24, 2.45) is 5.92 Å². The van der Waals surface area contributed by atoms with Crippen LogP contribution in [0.15, 0.2) is 24.3 Å². The van der Waals surface area contributed by atoms with E-state index in [0.717, 1.165) is 11.5 Å². The van der Waals surface area contributed by atoms with Gasteiger partial charge < -0.3 is 0 Å². The number of Topliss-reactive ketones (excluding diaryl/α,β-unsaturated/α-hetero) is 1. The standard InChI is InChI=1S/C14H18O/c1-4-12-9-14(12,3)13-7-5-11(6-8-13)10(2)15/h5-8,12H,4,9H2,1-3H3. The predicted molar refractivity (Wildman–Crippen MR) is 62.2 cm³/mol. The highest BCUT2D eigenvalue weighted by atomic mass is 16.1. The Morgan fingerprint density at radius 2 is 2.00 bits per heavy atom. The van der Waals surface area contributed by atoms with E-state index in [9.17, 15) is 4.79 Å². The number of benzene rings is 1. The van der Waals surface area contributed by atoms with Crippen LogP contribution in [0.3, 0.4) is 0 Å². The van der Waals surface area contributed by atoms with Gasteiger partial charge >= 0.3 is 0 Å². The summed E-state index contributed by atoms with van der Waals surface area (Å²) in [5, 5.41) is 0. The maximum absolute atomic E-state index is 11.1. The smallest absolute Gasteiger partial charge is 0.159 e. The van der Waals surface area contributed by atoms with Gasteiger partial charge in [-0.2, -0.15) is 0 Å². The lowest BCUT2D eigenvalue weighted by molar-refractivity contribution is 0.101. The third kappa shape index (κ3) is 1.71. The summed E-state index contributed by atoms with van der Waals surface area (Å²) >= 11 is 0. The first-order chi connectivity index (χ1) is 7.08. The Morgan fingerprint density at radius 3 is 2.40 bits per heavy atom. The van der Waals surface area contributed by atoms with Gasteiger partial charge in [-0.15, -0.1) is 0 Å². The molecule has 0 heterocycles. The number of ketones is 1. The van der Waals surface area contributed by atoms with Gasteiger partial charge in [-0.1, -0.05) is 44.5 Å². The van der Waals surface area contributed by atoms with Crippen molar-refractivity contribution in [1.82, 2.24) is 0 Å². The number of rotatable bonds is 3. The van der Waals surface area contributed by atoms with E-state index >= 15 is 0 Å². The third-order valence-corrected chi connectivity index (χ3v) is 3.86. The van der Waals surface area contributed by atoms with E-state index in [4.69, 9.17) is 0 Å². The average molecular weight is 202 g/mol. The molecule has 2 unspecified atom stereocenters. The Hall–Kier alpha value is -1.11. The molecule has 1 heteroatoms. The summed E-state index contributed by atoms with van der Waals surface area (Å²) in [6.07, 6.45) is 2.55. The van der Waals surface area contributed by atoms with E-state index < -0.39 is 0 Å². The van der Waals surface area contributed by atoms with E-state index in [1.807, 2.05) is 12.1 Å². The fraction of sp³-hybridized carbons (Fsp3) is 0.500. The first-order valence-electron chi connectivity index (χ1n) is 5.69. The molecule has 0 spiro atoms. The molecule has 1 nitrogen and oxygen atoms in total. The van der Waals surface area contributed by atoms with Crippen LogP contribution in [-0.2, 0) is 5.41 Å². The normalized spacial score (nSPS) is 28.9. The lowest BCUT2D eigenvalue weighted by Gasteiger charge is -2.11. The summed E-state index contributed by atoms with van der Waals surface area (Å²) in [6.45, 7) is 6.19. The van der Waals surface area contributed by atoms with Crippen LogP contribution in [0, 0.1) is 5.92 Å². The molecule has 1 fully saturated rings. The minimum atomic E-state index is 0.148. The van der Waals surface area contributed by atoms with Gasteiger partial charge in [0.1, 0.15) is 0 Å². The van der Waals surface area contributed by atoms with Gasteiger partial charge in [0.2, 0.25) is 0 Å². The Bertz CT molecular complexity index is 377. The van der Waals surface area contributed by atoms with Crippen molar-refractivity contribution in [1.29, 1.82) is 0 Å². The second kappa shape index (κ2) is 3.48. The number of carbonyl (C=O) groups is 1. The topological polar surface area (TPSA) is 17.1 Å². The monoisotopic (exact) mass is 202 g/mol. The molecule has 0 saturated heterocycles. The molecule has 0 bridgehead atoms. The van der Waals surface area contributed by atoms with Gasteiger partial charge in [0.05, 0.1) is 0 Å². The van der Waals surface area contributed by atoms with E-state index in [0.29, 0.717) is 5.41 Å². The molecule has 1 aromatic rings. The van der Waals surface area contributed by atoms with Crippen LogP contribution in [0.1, 0.15) is 49.5 Å². The summed E-state index contributed by atoms with van der Waals surface area (Å²) in [5.41, 5.74) is 2.58. The second-order valence-electron chi connectivity index (χ2n) is 4.86. The highest BCUT2D eigenvalue weighted by Gasteiger charge is 2.49. The Kier molecular flexibility index (Phi) is 2.41. The lowest BCUT2D eigenvalue weighted by Crippen LogP contribution is -2.04. The van der Waals surface area contributed by atoms with Crippen molar-refractivity contribution < 1.29 is 4.79 Å². The van der Waals surface area contributed by atoms with E-state index in [1.54, 1.807) is 6.92 Å². The molecule has 0 N–H and O–H groups in total. The third-order valence-electron chi connectivity index (χ3n) is 3.86. The van der Waals surface area contributed by atoms with Crippen LogP contribution >= 0.6 is 0 Å². The summed E-state index contributed by atoms with van der Waals surface area (Å²) in [5.74, 6) is 0.982. The molecule has 0 aliphatic heterocycles. The van der Waals surface area contributed by atoms with Crippen LogP contribution in [0.5, 0.6) is 0 Å². The van der Waals surface area contributed by atoms with Crippen molar-refractivity contribution in [2.75, 3.05) is 0 Å². The van der Waals surface area contributed by atoms with Crippen LogP contribution in [-0.4, -0.2) is 5.78 Å². The molecule has 2 atom stereocenters. The molecule has 1 aliphatic carbocycles. The molecule has 15 heavy (non-hydrogen) atoms. The summed E-state index contributed by atoms with van der Waals surface area (Å²) < 4.78 is 0. The minimum absolute atomic E-state index is 0.148. The second-order valence-corrected chi connectivity index (χ2v) is 4.86. The zero-order chi connectivity index (χ0) is 11.1. The Balaban J connectivity index is 2.22.